The van der Waals surface area contributed by atoms with E-state index in [9.17, 15) is 23.1 Å². The Labute approximate surface area is 199 Å². The predicted octanol–water partition coefficient (Wildman–Crippen LogP) is 1.45. The number of aliphatic hydroxyl groups is 1. The first-order valence-electron chi connectivity index (χ1n) is 10.9. The standard InChI is InChI=1S/C23H30N4O6S/c1-15-12-27(16(2)14-28)23(30)19-11-18(25-22(29)17-7-9-24-10-8-17)5-6-20(19)33-21(15)13-26(3)34(4,31)32/h5-11,15-16,21,28H,12-14H2,1-4H3,(H,25,29)/t15-,16+,21+/m1/s1. The van der Waals surface area contributed by atoms with Crippen molar-refractivity contribution in [3.63, 3.8) is 0 Å². The normalized spacial score (nSPS) is 19.6. The van der Waals surface area contributed by atoms with Gasteiger partial charge in [0.15, 0.2) is 0 Å². The minimum absolute atomic E-state index is 0.0928. The number of pyridine rings is 1. The molecule has 3 rings (SSSR count). The second-order valence-electron chi connectivity index (χ2n) is 8.57. The minimum atomic E-state index is -3.44. The molecule has 34 heavy (non-hydrogen) atoms. The van der Waals surface area contributed by atoms with E-state index in [-0.39, 0.29) is 48.7 Å². The molecule has 184 valence electrons. The number of aliphatic hydroxyl groups excluding tert-OH is 1. The Bertz CT molecular complexity index is 1140. The number of aromatic nitrogens is 1. The fourth-order valence-electron chi connectivity index (χ4n) is 3.61. The molecule has 0 fully saturated rings. The lowest BCUT2D eigenvalue weighted by Crippen LogP contribution is -2.50. The largest absolute Gasteiger partial charge is 0.488 e. The number of anilines is 1. The van der Waals surface area contributed by atoms with E-state index >= 15 is 0 Å². The number of sulfonamides is 1. The Hall–Kier alpha value is -3.02. The number of hydrogen-bond donors (Lipinski definition) is 2. The molecule has 1 aliphatic heterocycles. The van der Waals surface area contributed by atoms with Gasteiger partial charge in [-0.05, 0) is 37.3 Å². The Kier molecular flexibility index (Phi) is 7.90. The summed E-state index contributed by atoms with van der Waals surface area (Å²) < 4.78 is 31.3. The Morgan fingerprint density at radius 3 is 2.62 bits per heavy atom. The molecule has 10 nitrogen and oxygen atoms in total. The molecule has 1 aliphatic rings. The van der Waals surface area contributed by atoms with Gasteiger partial charge in [-0.2, -0.15) is 0 Å². The summed E-state index contributed by atoms with van der Waals surface area (Å²) in [5, 5.41) is 12.5. The van der Waals surface area contributed by atoms with Crippen molar-refractivity contribution < 1.29 is 27.9 Å². The average molecular weight is 491 g/mol. The van der Waals surface area contributed by atoms with Crippen LogP contribution in [0, 0.1) is 5.92 Å². The molecule has 2 N–H and O–H groups in total. The molecule has 3 atom stereocenters. The van der Waals surface area contributed by atoms with Crippen molar-refractivity contribution >= 4 is 27.5 Å². The van der Waals surface area contributed by atoms with Crippen LogP contribution < -0.4 is 10.1 Å². The topological polar surface area (TPSA) is 129 Å². The molecule has 2 aromatic rings. The lowest BCUT2D eigenvalue weighted by atomic mass is 9.99. The highest BCUT2D eigenvalue weighted by molar-refractivity contribution is 7.88. The summed E-state index contributed by atoms with van der Waals surface area (Å²) in [6.45, 7) is 3.73. The van der Waals surface area contributed by atoms with Gasteiger partial charge >= 0.3 is 0 Å². The number of benzene rings is 1. The highest BCUT2D eigenvalue weighted by atomic mass is 32.2. The number of nitrogens with zero attached hydrogens (tertiary/aromatic N) is 3. The van der Waals surface area contributed by atoms with Crippen molar-refractivity contribution in [3.05, 3.63) is 53.9 Å². The lowest BCUT2D eigenvalue weighted by Gasteiger charge is -2.38. The average Bonchev–Trinajstić information content (AvgIpc) is 2.81. The number of hydrogen-bond acceptors (Lipinski definition) is 7. The van der Waals surface area contributed by atoms with Crippen LogP contribution in [0.1, 0.15) is 34.6 Å². The molecule has 0 bridgehead atoms. The van der Waals surface area contributed by atoms with Gasteiger partial charge in [0.05, 0.1) is 31.0 Å². The van der Waals surface area contributed by atoms with Gasteiger partial charge in [-0.25, -0.2) is 12.7 Å². The number of carbonyl (C=O) groups excluding carboxylic acids is 2. The molecule has 0 aliphatic carbocycles. The van der Waals surface area contributed by atoms with Gasteiger partial charge in [-0.1, -0.05) is 6.92 Å². The number of likely N-dealkylation sites (N-methyl/N-ethyl adjacent to an activating group) is 1. The highest BCUT2D eigenvalue weighted by Gasteiger charge is 2.34. The van der Waals surface area contributed by atoms with E-state index in [0.717, 1.165) is 6.26 Å². The van der Waals surface area contributed by atoms with Crippen molar-refractivity contribution in [1.29, 1.82) is 0 Å². The monoisotopic (exact) mass is 490 g/mol. The molecular formula is C23H30N4O6S. The Balaban J connectivity index is 1.97. The molecule has 11 heteroatoms. The third-order valence-corrected chi connectivity index (χ3v) is 7.15. The molecule has 0 saturated heterocycles. The number of carbonyl (C=O) groups is 2. The maximum absolute atomic E-state index is 13.4. The zero-order valence-corrected chi connectivity index (χ0v) is 20.4. The summed E-state index contributed by atoms with van der Waals surface area (Å²) in [4.78, 5) is 31.4. The highest BCUT2D eigenvalue weighted by Crippen LogP contribution is 2.31. The van der Waals surface area contributed by atoms with Crippen LogP contribution in [0.25, 0.3) is 0 Å². The van der Waals surface area contributed by atoms with E-state index < -0.39 is 22.2 Å². The molecule has 0 radical (unpaired) electrons. The Morgan fingerprint density at radius 1 is 1.32 bits per heavy atom. The number of nitrogens with one attached hydrogen (secondary N) is 1. The van der Waals surface area contributed by atoms with Gasteiger partial charge in [0.2, 0.25) is 10.0 Å². The third kappa shape index (κ3) is 5.91. The molecule has 0 saturated carbocycles. The van der Waals surface area contributed by atoms with Crippen LogP contribution in [0.3, 0.4) is 0 Å². The molecule has 0 spiro atoms. The van der Waals surface area contributed by atoms with Crippen LogP contribution >= 0.6 is 0 Å². The second-order valence-corrected chi connectivity index (χ2v) is 10.7. The molecule has 2 heterocycles. The van der Waals surface area contributed by atoms with E-state index in [4.69, 9.17) is 4.74 Å². The smallest absolute Gasteiger partial charge is 0.258 e. The number of ether oxygens (including phenoxy) is 1. The van der Waals surface area contributed by atoms with Crippen LogP contribution in [0.15, 0.2) is 42.7 Å². The van der Waals surface area contributed by atoms with Crippen molar-refractivity contribution in [2.24, 2.45) is 5.92 Å². The predicted molar refractivity (Wildman–Crippen MR) is 127 cm³/mol. The van der Waals surface area contributed by atoms with Gasteiger partial charge in [-0.15, -0.1) is 0 Å². The third-order valence-electron chi connectivity index (χ3n) is 5.87. The van der Waals surface area contributed by atoms with Crippen molar-refractivity contribution in [2.45, 2.75) is 26.0 Å². The lowest BCUT2D eigenvalue weighted by molar-refractivity contribution is 0.0387. The number of fused-ring (bicyclic) bond motifs is 1. The van der Waals surface area contributed by atoms with Crippen LogP contribution in [-0.4, -0.2) is 84.7 Å². The summed E-state index contributed by atoms with van der Waals surface area (Å²) in [5.41, 5.74) is 1.02. The van der Waals surface area contributed by atoms with Gasteiger partial charge < -0.3 is 20.1 Å². The molecule has 0 unspecified atom stereocenters. The van der Waals surface area contributed by atoms with Crippen LogP contribution in [0.5, 0.6) is 5.75 Å². The fraction of sp³-hybridized carbons (Fsp3) is 0.435. The summed E-state index contributed by atoms with van der Waals surface area (Å²) in [5.74, 6) is -0.649. The summed E-state index contributed by atoms with van der Waals surface area (Å²) in [6, 6.07) is 7.42. The van der Waals surface area contributed by atoms with Crippen LogP contribution in [-0.2, 0) is 10.0 Å². The summed E-state index contributed by atoms with van der Waals surface area (Å²) in [7, 11) is -1.96. The molecule has 2 amide bonds. The quantitative estimate of drug-likeness (QED) is 0.601. The fourth-order valence-corrected chi connectivity index (χ4v) is 4.03. The number of rotatable bonds is 7. The van der Waals surface area contributed by atoms with Gasteiger partial charge in [-0.3, -0.25) is 14.6 Å². The molecular weight excluding hydrogens is 460 g/mol. The van der Waals surface area contributed by atoms with E-state index in [1.54, 1.807) is 36.1 Å². The number of amides is 2. The van der Waals surface area contributed by atoms with Gasteiger partial charge in [0, 0.05) is 43.2 Å². The van der Waals surface area contributed by atoms with E-state index in [2.05, 4.69) is 10.3 Å². The first-order valence-corrected chi connectivity index (χ1v) is 12.7. The second kappa shape index (κ2) is 10.5. The van der Waals surface area contributed by atoms with Gasteiger partial charge in [0.25, 0.3) is 11.8 Å². The van der Waals surface area contributed by atoms with Crippen LogP contribution in [0.2, 0.25) is 0 Å². The van der Waals surface area contributed by atoms with Crippen molar-refractivity contribution in [3.8, 4) is 5.75 Å². The summed E-state index contributed by atoms with van der Waals surface area (Å²) in [6.07, 6.45) is 3.60. The first-order chi connectivity index (χ1) is 16.0. The van der Waals surface area contributed by atoms with E-state index in [0.29, 0.717) is 11.3 Å². The van der Waals surface area contributed by atoms with E-state index in [1.165, 1.54) is 29.8 Å². The van der Waals surface area contributed by atoms with Crippen molar-refractivity contribution in [1.82, 2.24) is 14.2 Å². The van der Waals surface area contributed by atoms with Crippen molar-refractivity contribution in [2.75, 3.05) is 38.3 Å². The zero-order chi connectivity index (χ0) is 25.0. The summed E-state index contributed by atoms with van der Waals surface area (Å²) >= 11 is 0. The SMILES string of the molecule is C[C@@H]1CN([C@@H](C)CO)C(=O)c2cc(NC(=O)c3ccncc3)ccc2O[C@H]1CN(C)S(C)(=O)=O. The molecule has 1 aromatic carbocycles. The zero-order valence-electron chi connectivity index (χ0n) is 19.6. The maximum atomic E-state index is 13.4. The van der Waals surface area contributed by atoms with E-state index in [1.807, 2.05) is 6.92 Å². The maximum Gasteiger partial charge on any atom is 0.258 e. The molecule has 1 aromatic heterocycles. The van der Waals surface area contributed by atoms with Crippen LogP contribution in [0.4, 0.5) is 5.69 Å². The first kappa shape index (κ1) is 25.6. The minimum Gasteiger partial charge on any atom is -0.488 e. The van der Waals surface area contributed by atoms with Gasteiger partial charge in [0.1, 0.15) is 11.9 Å². The Morgan fingerprint density at radius 2 is 2.00 bits per heavy atom.